The fourth-order valence-corrected chi connectivity index (χ4v) is 2.49. The van der Waals surface area contributed by atoms with E-state index in [9.17, 15) is 9.59 Å². The van der Waals surface area contributed by atoms with Gasteiger partial charge in [0.15, 0.2) is 0 Å². The van der Waals surface area contributed by atoms with E-state index in [1.54, 1.807) is 0 Å². The van der Waals surface area contributed by atoms with Crippen LogP contribution in [0.3, 0.4) is 0 Å². The Bertz CT molecular complexity index is 363. The SMILES string of the molecule is CCCCCCCCC(C)OC(=O)/C=C/C(=O)OCC(C)CCC. The van der Waals surface area contributed by atoms with E-state index < -0.39 is 11.9 Å². The maximum atomic E-state index is 11.7. The van der Waals surface area contributed by atoms with E-state index >= 15 is 0 Å². The molecule has 0 amide bonds. The van der Waals surface area contributed by atoms with Crippen LogP contribution in [0.5, 0.6) is 0 Å². The summed E-state index contributed by atoms with van der Waals surface area (Å²) in [6, 6.07) is 0. The molecule has 0 rings (SSSR count). The van der Waals surface area contributed by atoms with Crippen LogP contribution in [0, 0.1) is 5.92 Å². The van der Waals surface area contributed by atoms with Crippen LogP contribution in [0.2, 0.25) is 0 Å². The first-order chi connectivity index (χ1) is 11.5. The van der Waals surface area contributed by atoms with E-state index in [1.807, 2.05) is 13.8 Å². The van der Waals surface area contributed by atoms with Crippen LogP contribution in [0.1, 0.15) is 85.5 Å². The Morgan fingerprint density at radius 2 is 1.46 bits per heavy atom. The summed E-state index contributed by atoms with van der Waals surface area (Å²) >= 11 is 0. The number of unbranched alkanes of at least 4 members (excludes halogenated alkanes) is 5. The van der Waals surface area contributed by atoms with Crippen molar-refractivity contribution in [3.63, 3.8) is 0 Å². The lowest BCUT2D eigenvalue weighted by Gasteiger charge is -2.11. The summed E-state index contributed by atoms with van der Waals surface area (Å²) in [5.74, 6) is -0.623. The Kier molecular flexibility index (Phi) is 14.4. The lowest BCUT2D eigenvalue weighted by Crippen LogP contribution is -2.14. The van der Waals surface area contributed by atoms with Crippen molar-refractivity contribution in [2.24, 2.45) is 5.92 Å². The minimum Gasteiger partial charge on any atom is -0.462 e. The monoisotopic (exact) mass is 340 g/mol. The van der Waals surface area contributed by atoms with Gasteiger partial charge in [-0.25, -0.2) is 9.59 Å². The van der Waals surface area contributed by atoms with E-state index in [4.69, 9.17) is 9.47 Å². The molecule has 2 unspecified atom stereocenters. The fourth-order valence-electron chi connectivity index (χ4n) is 2.49. The molecule has 0 aromatic rings. The summed E-state index contributed by atoms with van der Waals surface area (Å²) in [4.78, 5) is 23.2. The van der Waals surface area contributed by atoms with Crippen LogP contribution in [-0.4, -0.2) is 24.6 Å². The maximum absolute atomic E-state index is 11.7. The van der Waals surface area contributed by atoms with Crippen LogP contribution >= 0.6 is 0 Å². The summed E-state index contributed by atoms with van der Waals surface area (Å²) in [6.07, 6.45) is 12.5. The van der Waals surface area contributed by atoms with E-state index in [-0.39, 0.29) is 6.10 Å². The third kappa shape index (κ3) is 14.3. The molecule has 0 radical (unpaired) electrons. The van der Waals surface area contributed by atoms with Gasteiger partial charge in [0.1, 0.15) is 0 Å². The van der Waals surface area contributed by atoms with E-state index in [0.717, 1.165) is 37.8 Å². The fraction of sp³-hybridized carbons (Fsp3) is 0.800. The summed E-state index contributed by atoms with van der Waals surface area (Å²) < 4.78 is 10.3. The van der Waals surface area contributed by atoms with Crippen molar-refractivity contribution in [3.05, 3.63) is 12.2 Å². The Hall–Kier alpha value is -1.32. The number of hydrogen-bond donors (Lipinski definition) is 0. The standard InChI is InChI=1S/C20H36O4/c1-5-7-8-9-10-11-13-18(4)24-20(22)15-14-19(21)23-16-17(3)12-6-2/h14-15,17-18H,5-13,16H2,1-4H3/b15-14+. The number of carbonyl (C=O) groups is 2. The van der Waals surface area contributed by atoms with E-state index in [1.165, 1.54) is 32.1 Å². The molecule has 0 spiro atoms. The highest BCUT2D eigenvalue weighted by Gasteiger charge is 2.08. The van der Waals surface area contributed by atoms with Crippen LogP contribution in [-0.2, 0) is 19.1 Å². The number of carbonyl (C=O) groups excluding carboxylic acids is 2. The highest BCUT2D eigenvalue weighted by Crippen LogP contribution is 2.10. The van der Waals surface area contributed by atoms with Gasteiger partial charge in [0, 0.05) is 12.2 Å². The van der Waals surface area contributed by atoms with Crippen LogP contribution in [0.25, 0.3) is 0 Å². The minimum atomic E-state index is -0.488. The quantitative estimate of drug-likeness (QED) is 0.248. The Labute approximate surface area is 148 Å². The molecule has 0 aliphatic carbocycles. The molecule has 0 fully saturated rings. The molecule has 0 aromatic carbocycles. The normalized spacial score (nSPS) is 13.7. The van der Waals surface area contributed by atoms with E-state index in [2.05, 4.69) is 13.8 Å². The second-order valence-corrected chi connectivity index (χ2v) is 6.66. The molecule has 0 aromatic heterocycles. The third-order valence-electron chi connectivity index (χ3n) is 3.93. The van der Waals surface area contributed by atoms with Crippen LogP contribution in [0.15, 0.2) is 12.2 Å². The van der Waals surface area contributed by atoms with Gasteiger partial charge in [-0.15, -0.1) is 0 Å². The summed E-state index contributed by atoms with van der Waals surface area (Å²) in [5.41, 5.74) is 0. The predicted molar refractivity (Wildman–Crippen MR) is 97.7 cm³/mol. The Balaban J connectivity index is 3.79. The molecular formula is C20H36O4. The van der Waals surface area contributed by atoms with Crippen LogP contribution < -0.4 is 0 Å². The van der Waals surface area contributed by atoms with E-state index in [0.29, 0.717) is 12.5 Å². The van der Waals surface area contributed by atoms with Gasteiger partial charge in [0.2, 0.25) is 0 Å². The molecule has 2 atom stereocenters. The van der Waals surface area contributed by atoms with Gasteiger partial charge in [-0.2, -0.15) is 0 Å². The molecule has 0 aliphatic heterocycles. The largest absolute Gasteiger partial charge is 0.462 e. The molecule has 0 N–H and O–H groups in total. The van der Waals surface area contributed by atoms with Crippen molar-refractivity contribution in [2.45, 2.75) is 91.6 Å². The molecule has 0 bridgehead atoms. The molecule has 0 saturated heterocycles. The molecular weight excluding hydrogens is 304 g/mol. The lowest BCUT2D eigenvalue weighted by atomic mass is 10.1. The van der Waals surface area contributed by atoms with Gasteiger partial charge in [-0.3, -0.25) is 0 Å². The first-order valence-corrected chi connectivity index (χ1v) is 9.55. The number of rotatable bonds is 14. The number of ether oxygens (including phenoxy) is 2. The lowest BCUT2D eigenvalue weighted by molar-refractivity contribution is -0.144. The van der Waals surface area contributed by atoms with Crippen molar-refractivity contribution in [3.8, 4) is 0 Å². The summed E-state index contributed by atoms with van der Waals surface area (Å²) in [5, 5.41) is 0. The predicted octanol–water partition coefficient (Wildman–Crippen LogP) is 5.20. The zero-order valence-corrected chi connectivity index (χ0v) is 16.0. The zero-order valence-electron chi connectivity index (χ0n) is 16.0. The topological polar surface area (TPSA) is 52.6 Å². The maximum Gasteiger partial charge on any atom is 0.331 e. The van der Waals surface area contributed by atoms with Gasteiger partial charge in [-0.1, -0.05) is 59.3 Å². The molecule has 24 heavy (non-hydrogen) atoms. The second kappa shape index (κ2) is 15.2. The smallest absolute Gasteiger partial charge is 0.331 e. The first kappa shape index (κ1) is 22.7. The molecule has 0 heterocycles. The van der Waals surface area contributed by atoms with Crippen molar-refractivity contribution in [2.75, 3.05) is 6.61 Å². The highest BCUT2D eigenvalue weighted by molar-refractivity contribution is 5.91. The summed E-state index contributed by atoms with van der Waals surface area (Å²) in [7, 11) is 0. The first-order valence-electron chi connectivity index (χ1n) is 9.55. The van der Waals surface area contributed by atoms with Crippen molar-refractivity contribution in [1.82, 2.24) is 0 Å². The second-order valence-electron chi connectivity index (χ2n) is 6.66. The van der Waals surface area contributed by atoms with Crippen molar-refractivity contribution >= 4 is 11.9 Å². The minimum absolute atomic E-state index is 0.117. The number of hydrogen-bond acceptors (Lipinski definition) is 4. The summed E-state index contributed by atoms with van der Waals surface area (Å²) in [6.45, 7) is 8.62. The Morgan fingerprint density at radius 1 is 0.833 bits per heavy atom. The van der Waals surface area contributed by atoms with Crippen LogP contribution in [0.4, 0.5) is 0 Å². The van der Waals surface area contributed by atoms with Gasteiger partial charge in [0.25, 0.3) is 0 Å². The average molecular weight is 341 g/mol. The van der Waals surface area contributed by atoms with Crippen molar-refractivity contribution < 1.29 is 19.1 Å². The molecule has 140 valence electrons. The van der Waals surface area contributed by atoms with Gasteiger partial charge < -0.3 is 9.47 Å². The van der Waals surface area contributed by atoms with Crippen molar-refractivity contribution in [1.29, 1.82) is 0 Å². The zero-order chi connectivity index (χ0) is 18.2. The van der Waals surface area contributed by atoms with Gasteiger partial charge in [0.05, 0.1) is 12.7 Å². The highest BCUT2D eigenvalue weighted by atomic mass is 16.5. The molecule has 0 saturated carbocycles. The molecule has 4 heteroatoms. The Morgan fingerprint density at radius 3 is 2.12 bits per heavy atom. The molecule has 4 nitrogen and oxygen atoms in total. The number of esters is 2. The average Bonchev–Trinajstić information content (AvgIpc) is 2.54. The molecule has 0 aliphatic rings. The van der Waals surface area contributed by atoms with Gasteiger partial charge in [-0.05, 0) is 32.1 Å². The third-order valence-corrected chi connectivity index (χ3v) is 3.93. The van der Waals surface area contributed by atoms with Gasteiger partial charge >= 0.3 is 11.9 Å².